The van der Waals surface area contributed by atoms with Gasteiger partial charge in [-0.15, -0.1) is 0 Å². The Labute approximate surface area is 143 Å². The van der Waals surface area contributed by atoms with Gasteiger partial charge < -0.3 is 4.90 Å². The quantitative estimate of drug-likeness (QED) is 0.836. The van der Waals surface area contributed by atoms with E-state index in [0.717, 1.165) is 11.1 Å². The molecular weight excluding hydrogens is 324 g/mol. The SMILES string of the molecule is Cc1cc(C)cc(N(CC(=O)N(C)C)S(=O)(=O)c2ccccc2)c1. The molecule has 0 radical (unpaired) electrons. The summed E-state index contributed by atoms with van der Waals surface area (Å²) in [6.07, 6.45) is 0. The van der Waals surface area contributed by atoms with E-state index in [9.17, 15) is 13.2 Å². The van der Waals surface area contributed by atoms with Gasteiger partial charge in [0.15, 0.2) is 0 Å². The summed E-state index contributed by atoms with van der Waals surface area (Å²) in [5.41, 5.74) is 2.37. The van der Waals surface area contributed by atoms with Crippen LogP contribution in [0.4, 0.5) is 5.69 Å². The van der Waals surface area contributed by atoms with Crippen molar-refractivity contribution in [3.63, 3.8) is 0 Å². The van der Waals surface area contributed by atoms with E-state index in [0.29, 0.717) is 5.69 Å². The Balaban J connectivity index is 2.56. The van der Waals surface area contributed by atoms with Gasteiger partial charge in [-0.25, -0.2) is 8.42 Å². The van der Waals surface area contributed by atoms with Gasteiger partial charge in [0.1, 0.15) is 6.54 Å². The summed E-state index contributed by atoms with van der Waals surface area (Å²) < 4.78 is 27.3. The van der Waals surface area contributed by atoms with E-state index in [1.807, 2.05) is 19.9 Å². The molecule has 0 fully saturated rings. The van der Waals surface area contributed by atoms with Gasteiger partial charge >= 0.3 is 0 Å². The Bertz CT molecular complexity index is 810. The molecule has 0 N–H and O–H groups in total. The number of nitrogens with zero attached hydrogens (tertiary/aromatic N) is 2. The summed E-state index contributed by atoms with van der Waals surface area (Å²) in [4.78, 5) is 13.7. The lowest BCUT2D eigenvalue weighted by atomic mass is 10.1. The summed E-state index contributed by atoms with van der Waals surface area (Å²) in [7, 11) is -0.614. The number of benzene rings is 2. The first-order chi connectivity index (χ1) is 11.2. The van der Waals surface area contributed by atoms with Gasteiger partial charge in [0, 0.05) is 14.1 Å². The number of anilines is 1. The molecule has 5 nitrogen and oxygen atoms in total. The number of hydrogen-bond donors (Lipinski definition) is 0. The largest absolute Gasteiger partial charge is 0.347 e. The highest BCUT2D eigenvalue weighted by molar-refractivity contribution is 7.92. The van der Waals surface area contributed by atoms with Gasteiger partial charge in [-0.3, -0.25) is 9.10 Å². The van der Waals surface area contributed by atoms with Gasteiger partial charge in [0.25, 0.3) is 10.0 Å². The van der Waals surface area contributed by atoms with E-state index in [1.54, 1.807) is 44.4 Å². The third-order valence-corrected chi connectivity index (χ3v) is 5.39. The molecule has 128 valence electrons. The minimum Gasteiger partial charge on any atom is -0.347 e. The average molecular weight is 346 g/mol. The number of amides is 1. The highest BCUT2D eigenvalue weighted by Gasteiger charge is 2.27. The molecule has 0 aromatic heterocycles. The highest BCUT2D eigenvalue weighted by atomic mass is 32.2. The number of rotatable bonds is 5. The van der Waals surface area contributed by atoms with Crippen LogP contribution < -0.4 is 4.31 Å². The number of aryl methyl sites for hydroxylation is 2. The van der Waals surface area contributed by atoms with Crippen LogP contribution >= 0.6 is 0 Å². The summed E-state index contributed by atoms with van der Waals surface area (Å²) in [5.74, 6) is -0.284. The van der Waals surface area contributed by atoms with Crippen LogP contribution in [0.3, 0.4) is 0 Å². The zero-order valence-corrected chi connectivity index (χ0v) is 15.2. The lowest BCUT2D eigenvalue weighted by Gasteiger charge is -2.26. The Morgan fingerprint density at radius 1 is 0.958 bits per heavy atom. The first-order valence-electron chi connectivity index (χ1n) is 7.58. The Kier molecular flexibility index (Phi) is 5.29. The van der Waals surface area contributed by atoms with Crippen LogP contribution in [0, 0.1) is 13.8 Å². The first kappa shape index (κ1) is 18.0. The van der Waals surface area contributed by atoms with Crippen molar-refractivity contribution < 1.29 is 13.2 Å². The summed E-state index contributed by atoms with van der Waals surface area (Å²) in [5, 5.41) is 0. The van der Waals surface area contributed by atoms with E-state index in [2.05, 4.69) is 0 Å². The summed E-state index contributed by atoms with van der Waals surface area (Å²) >= 11 is 0. The van der Waals surface area contributed by atoms with Crippen molar-refractivity contribution >= 4 is 21.6 Å². The molecule has 0 saturated heterocycles. The van der Waals surface area contributed by atoms with Crippen LogP contribution in [0.15, 0.2) is 53.4 Å². The monoisotopic (exact) mass is 346 g/mol. The molecule has 0 atom stereocenters. The molecule has 2 aromatic rings. The van der Waals surface area contributed by atoms with E-state index in [4.69, 9.17) is 0 Å². The highest BCUT2D eigenvalue weighted by Crippen LogP contribution is 2.25. The predicted molar refractivity (Wildman–Crippen MR) is 95.6 cm³/mol. The maximum absolute atomic E-state index is 13.1. The van der Waals surface area contributed by atoms with Crippen LogP contribution in [0.2, 0.25) is 0 Å². The summed E-state index contributed by atoms with van der Waals surface area (Å²) in [6, 6.07) is 13.7. The third-order valence-electron chi connectivity index (χ3n) is 3.60. The van der Waals surface area contributed by atoms with Crippen molar-refractivity contribution in [2.75, 3.05) is 24.9 Å². The molecule has 0 aliphatic carbocycles. The lowest BCUT2D eigenvalue weighted by Crippen LogP contribution is -2.40. The first-order valence-corrected chi connectivity index (χ1v) is 9.02. The van der Waals surface area contributed by atoms with Gasteiger partial charge in [-0.1, -0.05) is 24.3 Å². The Morgan fingerprint density at radius 3 is 2.00 bits per heavy atom. The molecule has 2 rings (SSSR count). The second-order valence-electron chi connectivity index (χ2n) is 5.96. The molecule has 0 spiro atoms. The van der Waals surface area contributed by atoms with E-state index < -0.39 is 10.0 Å². The van der Waals surface area contributed by atoms with E-state index >= 15 is 0 Å². The van der Waals surface area contributed by atoms with Crippen molar-refractivity contribution in [2.24, 2.45) is 0 Å². The number of hydrogen-bond acceptors (Lipinski definition) is 3. The van der Waals surface area contributed by atoms with Crippen molar-refractivity contribution in [1.29, 1.82) is 0 Å². The summed E-state index contributed by atoms with van der Waals surface area (Å²) in [6.45, 7) is 3.56. The Morgan fingerprint density at radius 2 is 1.50 bits per heavy atom. The van der Waals surface area contributed by atoms with Crippen LogP contribution in [0.25, 0.3) is 0 Å². The van der Waals surface area contributed by atoms with Gasteiger partial charge in [-0.2, -0.15) is 0 Å². The molecule has 2 aromatic carbocycles. The van der Waals surface area contributed by atoms with Crippen molar-refractivity contribution in [1.82, 2.24) is 4.90 Å². The maximum atomic E-state index is 13.1. The molecule has 6 heteroatoms. The number of sulfonamides is 1. The normalized spacial score (nSPS) is 11.2. The average Bonchev–Trinajstić information content (AvgIpc) is 2.51. The molecule has 0 heterocycles. The van der Waals surface area contributed by atoms with Gasteiger partial charge in [-0.05, 0) is 49.2 Å². The molecular formula is C18H22N2O3S. The topological polar surface area (TPSA) is 57.7 Å². The van der Waals surface area contributed by atoms with Crippen LogP contribution in [-0.4, -0.2) is 39.9 Å². The zero-order chi connectivity index (χ0) is 17.9. The fourth-order valence-electron chi connectivity index (χ4n) is 2.39. The molecule has 0 bridgehead atoms. The number of likely N-dealkylation sites (N-methyl/N-ethyl adjacent to an activating group) is 1. The molecule has 0 aliphatic heterocycles. The predicted octanol–water partition coefficient (Wildman–Crippen LogP) is 2.59. The maximum Gasteiger partial charge on any atom is 0.264 e. The third kappa shape index (κ3) is 3.94. The molecule has 0 aliphatic rings. The van der Waals surface area contributed by atoms with E-state index in [1.165, 1.54) is 21.3 Å². The number of carbonyl (C=O) groups excluding carboxylic acids is 1. The minimum absolute atomic E-state index is 0.163. The van der Waals surface area contributed by atoms with E-state index in [-0.39, 0.29) is 17.3 Å². The van der Waals surface area contributed by atoms with Crippen molar-refractivity contribution in [3.05, 3.63) is 59.7 Å². The van der Waals surface area contributed by atoms with Crippen LogP contribution in [0.1, 0.15) is 11.1 Å². The molecule has 24 heavy (non-hydrogen) atoms. The lowest BCUT2D eigenvalue weighted by molar-refractivity contribution is -0.127. The zero-order valence-electron chi connectivity index (χ0n) is 14.4. The fourth-order valence-corrected chi connectivity index (χ4v) is 3.81. The standard InChI is InChI=1S/C18H22N2O3S/c1-14-10-15(2)12-16(11-14)20(13-18(21)19(3)4)24(22,23)17-8-6-5-7-9-17/h5-12H,13H2,1-4H3. The molecule has 1 amide bonds. The van der Waals surface area contributed by atoms with Gasteiger partial charge in [0.2, 0.25) is 5.91 Å². The molecule has 0 saturated carbocycles. The van der Waals surface area contributed by atoms with Crippen molar-refractivity contribution in [3.8, 4) is 0 Å². The minimum atomic E-state index is -3.83. The fraction of sp³-hybridized carbons (Fsp3) is 0.278. The smallest absolute Gasteiger partial charge is 0.264 e. The number of carbonyl (C=O) groups is 1. The second-order valence-corrected chi connectivity index (χ2v) is 7.82. The van der Waals surface area contributed by atoms with Crippen LogP contribution in [0.5, 0.6) is 0 Å². The second kappa shape index (κ2) is 7.05. The van der Waals surface area contributed by atoms with Crippen LogP contribution in [-0.2, 0) is 14.8 Å². The molecule has 0 unspecified atom stereocenters. The van der Waals surface area contributed by atoms with Gasteiger partial charge in [0.05, 0.1) is 10.6 Å². The Hall–Kier alpha value is -2.34. The van der Waals surface area contributed by atoms with Crippen molar-refractivity contribution in [2.45, 2.75) is 18.7 Å².